The lowest BCUT2D eigenvalue weighted by atomic mass is 10.1. The Morgan fingerprint density at radius 2 is 1.88 bits per heavy atom. The molecule has 1 saturated heterocycles. The summed E-state index contributed by atoms with van der Waals surface area (Å²) >= 11 is 0. The molecule has 0 aliphatic carbocycles. The number of nitrogen functional groups attached to an aromatic ring is 1. The van der Waals surface area contributed by atoms with Crippen molar-refractivity contribution in [3.8, 4) is 0 Å². The molecule has 5 N–H and O–H groups in total. The van der Waals surface area contributed by atoms with Gasteiger partial charge in [0.25, 0.3) is 0 Å². The topological polar surface area (TPSA) is 140 Å². The van der Waals surface area contributed by atoms with Crippen molar-refractivity contribution >= 4 is 16.9 Å². The summed E-state index contributed by atoms with van der Waals surface area (Å²) in [5.74, 6) is 0.277. The Balaban J connectivity index is 1.80. The lowest BCUT2D eigenvalue weighted by Gasteiger charge is -2.15. The molecule has 0 spiro atoms. The molecule has 1 aliphatic heterocycles. The Kier molecular flexibility index (Phi) is 4.29. The molecule has 9 nitrogen and oxygen atoms in total. The molecule has 0 saturated carbocycles. The molecule has 4 rings (SSSR count). The van der Waals surface area contributed by atoms with Gasteiger partial charge in [0.05, 0.1) is 17.7 Å². The van der Waals surface area contributed by atoms with E-state index < -0.39 is 31.1 Å². The number of hydrogen-bond donors (Lipinski definition) is 4. The Morgan fingerprint density at radius 3 is 2.58 bits per heavy atom. The van der Waals surface area contributed by atoms with Gasteiger partial charge in [-0.2, -0.15) is 5.10 Å². The van der Waals surface area contributed by atoms with Gasteiger partial charge in [-0.05, 0) is 5.56 Å². The van der Waals surface area contributed by atoms with E-state index in [2.05, 4.69) is 15.1 Å². The molecule has 0 radical (unpaired) electrons. The second-order valence-corrected chi connectivity index (χ2v) is 6.24. The average molecular weight is 357 g/mol. The van der Waals surface area contributed by atoms with Crippen molar-refractivity contribution in [2.75, 3.05) is 12.3 Å². The molecule has 136 valence electrons. The minimum atomic E-state index is -1.25. The molecule has 0 bridgehead atoms. The predicted octanol–water partition coefficient (Wildman–Crippen LogP) is -0.389. The first-order valence-corrected chi connectivity index (χ1v) is 8.24. The number of fused-ring (bicyclic) bond motifs is 1. The first-order chi connectivity index (χ1) is 12.6. The first kappa shape index (κ1) is 16.9. The highest BCUT2D eigenvalue weighted by Crippen LogP contribution is 2.33. The zero-order valence-corrected chi connectivity index (χ0v) is 13.8. The summed E-state index contributed by atoms with van der Waals surface area (Å²) in [7, 11) is 0. The van der Waals surface area contributed by atoms with E-state index in [1.165, 1.54) is 11.0 Å². The van der Waals surface area contributed by atoms with Crippen molar-refractivity contribution in [1.29, 1.82) is 0 Å². The molecule has 1 fully saturated rings. The maximum absolute atomic E-state index is 10.3. The van der Waals surface area contributed by atoms with Crippen LogP contribution in [0.1, 0.15) is 17.5 Å². The van der Waals surface area contributed by atoms with Gasteiger partial charge in [-0.1, -0.05) is 30.3 Å². The maximum atomic E-state index is 10.3. The molecule has 3 heterocycles. The Labute approximate surface area is 148 Å². The van der Waals surface area contributed by atoms with Crippen LogP contribution in [0, 0.1) is 0 Å². The summed E-state index contributed by atoms with van der Waals surface area (Å²) in [6, 6.07) is 9.73. The largest absolute Gasteiger partial charge is 0.394 e. The zero-order chi connectivity index (χ0) is 18.3. The quantitative estimate of drug-likeness (QED) is 0.495. The van der Waals surface area contributed by atoms with Crippen molar-refractivity contribution in [1.82, 2.24) is 19.7 Å². The van der Waals surface area contributed by atoms with Crippen molar-refractivity contribution < 1.29 is 20.1 Å². The van der Waals surface area contributed by atoms with Gasteiger partial charge in [-0.3, -0.25) is 0 Å². The van der Waals surface area contributed by atoms with Crippen LogP contribution >= 0.6 is 0 Å². The molecule has 9 heteroatoms. The maximum Gasteiger partial charge on any atom is 0.181 e. The highest BCUT2D eigenvalue weighted by Gasteiger charge is 2.44. The third-order valence-electron chi connectivity index (χ3n) is 4.56. The van der Waals surface area contributed by atoms with Crippen molar-refractivity contribution in [2.24, 2.45) is 0 Å². The van der Waals surface area contributed by atoms with E-state index in [0.29, 0.717) is 23.1 Å². The van der Waals surface area contributed by atoms with E-state index in [4.69, 9.17) is 10.5 Å². The number of ether oxygens (including phenoxy) is 1. The fourth-order valence-electron chi connectivity index (χ4n) is 3.24. The summed E-state index contributed by atoms with van der Waals surface area (Å²) in [4.78, 5) is 8.27. The minimum absolute atomic E-state index is 0.277. The van der Waals surface area contributed by atoms with E-state index in [0.717, 1.165) is 5.56 Å². The second kappa shape index (κ2) is 6.61. The van der Waals surface area contributed by atoms with E-state index in [9.17, 15) is 15.3 Å². The highest BCUT2D eigenvalue weighted by molar-refractivity contribution is 5.88. The fraction of sp³-hybridized carbons (Fsp3) is 0.353. The number of rotatable bonds is 4. The van der Waals surface area contributed by atoms with Gasteiger partial charge < -0.3 is 25.8 Å². The number of nitrogens with zero attached hydrogens (tertiary/aromatic N) is 4. The molecule has 4 atom stereocenters. The standard InChI is InChI=1S/C17H19N5O4/c18-15-12-10(6-9-4-2-1-3-5-9)21-22(16(12)20-8-19-15)17-14(25)13(24)11(7-23)26-17/h1-5,8,11,13-14,17,23-25H,6-7H2,(H2,18,19,20)/t11-,13+,14+,17-/m1/s1. The third-order valence-corrected chi connectivity index (χ3v) is 4.56. The molecular weight excluding hydrogens is 338 g/mol. The van der Waals surface area contributed by atoms with Crippen LogP contribution in [0.2, 0.25) is 0 Å². The summed E-state index contributed by atoms with van der Waals surface area (Å²) in [6.07, 6.45) is -2.55. The van der Waals surface area contributed by atoms with Crippen LogP contribution in [0.5, 0.6) is 0 Å². The van der Waals surface area contributed by atoms with E-state index >= 15 is 0 Å². The van der Waals surface area contributed by atoms with Gasteiger partial charge in [-0.15, -0.1) is 0 Å². The number of anilines is 1. The average Bonchev–Trinajstić information content (AvgIpc) is 3.15. The van der Waals surface area contributed by atoms with Crippen LogP contribution in [0.4, 0.5) is 5.82 Å². The number of aromatic nitrogens is 4. The zero-order valence-electron chi connectivity index (χ0n) is 13.8. The van der Waals surface area contributed by atoms with Gasteiger partial charge in [0, 0.05) is 6.42 Å². The number of nitrogens with two attached hydrogens (primary N) is 1. The van der Waals surface area contributed by atoms with Gasteiger partial charge in [0.2, 0.25) is 0 Å². The number of benzene rings is 1. The molecule has 0 unspecified atom stereocenters. The molecular formula is C17H19N5O4. The van der Waals surface area contributed by atoms with Crippen LogP contribution < -0.4 is 5.73 Å². The van der Waals surface area contributed by atoms with Crippen LogP contribution in [0.15, 0.2) is 36.7 Å². The van der Waals surface area contributed by atoms with Crippen LogP contribution in [-0.2, 0) is 11.2 Å². The predicted molar refractivity (Wildman–Crippen MR) is 92.0 cm³/mol. The summed E-state index contributed by atoms with van der Waals surface area (Å²) in [5.41, 5.74) is 8.11. The summed E-state index contributed by atoms with van der Waals surface area (Å²) < 4.78 is 6.98. The van der Waals surface area contributed by atoms with Crippen molar-refractivity contribution in [3.05, 3.63) is 47.9 Å². The molecule has 1 aromatic carbocycles. The monoisotopic (exact) mass is 357 g/mol. The number of aliphatic hydroxyl groups excluding tert-OH is 3. The van der Waals surface area contributed by atoms with Gasteiger partial charge in [-0.25, -0.2) is 14.6 Å². The normalized spacial score (nSPS) is 25.8. The third kappa shape index (κ3) is 2.71. The van der Waals surface area contributed by atoms with Gasteiger partial charge in [0.1, 0.15) is 30.5 Å². The molecule has 1 aliphatic rings. The lowest BCUT2D eigenvalue weighted by molar-refractivity contribution is -0.0568. The second-order valence-electron chi connectivity index (χ2n) is 6.24. The number of aliphatic hydroxyl groups is 3. The van der Waals surface area contributed by atoms with E-state index in [1.807, 2.05) is 30.3 Å². The Morgan fingerprint density at radius 1 is 1.12 bits per heavy atom. The minimum Gasteiger partial charge on any atom is -0.394 e. The fourth-order valence-corrected chi connectivity index (χ4v) is 3.24. The molecule has 2 aromatic heterocycles. The summed E-state index contributed by atoms with van der Waals surface area (Å²) in [6.45, 7) is -0.415. The number of hydrogen-bond acceptors (Lipinski definition) is 8. The molecule has 3 aromatic rings. The smallest absolute Gasteiger partial charge is 0.181 e. The lowest BCUT2D eigenvalue weighted by Crippen LogP contribution is -2.33. The Bertz CT molecular complexity index is 916. The molecule has 0 amide bonds. The van der Waals surface area contributed by atoms with Crippen LogP contribution in [0.3, 0.4) is 0 Å². The van der Waals surface area contributed by atoms with Crippen molar-refractivity contribution in [3.63, 3.8) is 0 Å². The van der Waals surface area contributed by atoms with Gasteiger partial charge >= 0.3 is 0 Å². The van der Waals surface area contributed by atoms with E-state index in [-0.39, 0.29) is 5.82 Å². The Hall–Kier alpha value is -2.59. The van der Waals surface area contributed by atoms with Crippen molar-refractivity contribution in [2.45, 2.75) is 31.0 Å². The van der Waals surface area contributed by atoms with Crippen LogP contribution in [0.25, 0.3) is 11.0 Å². The molecule has 26 heavy (non-hydrogen) atoms. The van der Waals surface area contributed by atoms with Gasteiger partial charge in [0.15, 0.2) is 11.9 Å². The van der Waals surface area contributed by atoms with Crippen LogP contribution in [-0.4, -0.2) is 60.0 Å². The van der Waals surface area contributed by atoms with E-state index in [1.54, 1.807) is 0 Å². The first-order valence-electron chi connectivity index (χ1n) is 8.24. The highest BCUT2D eigenvalue weighted by atomic mass is 16.6. The summed E-state index contributed by atoms with van der Waals surface area (Å²) in [5, 5.41) is 34.8. The SMILES string of the molecule is Nc1ncnc2c1c(Cc1ccccc1)nn2[C@@H]1O[C@H](CO)[C@H](O)[C@@H]1O.